The van der Waals surface area contributed by atoms with Crippen LogP contribution in [0, 0.1) is 18.3 Å². The summed E-state index contributed by atoms with van der Waals surface area (Å²) in [6.07, 6.45) is -4.68. The van der Waals surface area contributed by atoms with Gasteiger partial charge in [0.15, 0.2) is 0 Å². The van der Waals surface area contributed by atoms with Crippen molar-refractivity contribution in [2.75, 3.05) is 0 Å². The minimum atomic E-state index is -5.25. The van der Waals surface area contributed by atoms with E-state index in [2.05, 4.69) is 23.8 Å². The number of ether oxygens (including phenoxy) is 2. The standard InChI is InChI=1S/C28H26F3NO4/c1-3-20(17-25(33)36-27(34)28(29,30)31)26(32)21-11-13-23(14-12-21)35-24-10-6-8-19(16-24)15-22-9-5-4-7-18(22)2/h4-14,16,20,32H,3,15,17H2,1-2H3/t20-/m0/s1. The van der Waals surface area contributed by atoms with Crippen LogP contribution in [-0.4, -0.2) is 23.8 Å². The summed E-state index contributed by atoms with van der Waals surface area (Å²) >= 11 is 0. The Morgan fingerprint density at radius 1 is 0.944 bits per heavy atom. The summed E-state index contributed by atoms with van der Waals surface area (Å²) in [4.78, 5) is 22.6. The Hall–Kier alpha value is -3.94. The third kappa shape index (κ3) is 7.28. The van der Waals surface area contributed by atoms with Gasteiger partial charge in [0.2, 0.25) is 0 Å². The van der Waals surface area contributed by atoms with E-state index < -0.39 is 30.5 Å². The molecule has 1 N–H and O–H groups in total. The second kappa shape index (κ2) is 11.7. The van der Waals surface area contributed by atoms with Gasteiger partial charge >= 0.3 is 18.1 Å². The third-order valence-corrected chi connectivity index (χ3v) is 5.71. The average Bonchev–Trinajstić information content (AvgIpc) is 2.83. The SMILES string of the molecule is CC[C@@H](CC(=O)OC(=O)C(F)(F)F)C(=N)c1ccc(Oc2cccc(Cc3ccccc3C)c2)cc1. The molecule has 0 radical (unpaired) electrons. The van der Waals surface area contributed by atoms with E-state index in [4.69, 9.17) is 10.1 Å². The van der Waals surface area contributed by atoms with Crippen LogP contribution >= 0.6 is 0 Å². The number of aryl methyl sites for hydroxylation is 1. The third-order valence-electron chi connectivity index (χ3n) is 5.71. The molecule has 1 atom stereocenters. The average molecular weight is 498 g/mol. The van der Waals surface area contributed by atoms with Gasteiger partial charge in [0.25, 0.3) is 0 Å². The van der Waals surface area contributed by atoms with Crippen molar-refractivity contribution in [3.8, 4) is 11.5 Å². The van der Waals surface area contributed by atoms with Crippen LogP contribution in [0.25, 0.3) is 0 Å². The number of esters is 2. The fourth-order valence-corrected chi connectivity index (χ4v) is 3.68. The molecule has 0 fully saturated rings. The number of nitrogens with one attached hydrogen (secondary N) is 1. The van der Waals surface area contributed by atoms with Crippen LogP contribution in [0.15, 0.2) is 72.8 Å². The molecule has 0 amide bonds. The van der Waals surface area contributed by atoms with E-state index >= 15 is 0 Å². The Bertz CT molecular complexity index is 1240. The number of halogens is 3. The molecule has 3 aromatic carbocycles. The molecular formula is C28H26F3NO4. The van der Waals surface area contributed by atoms with Gasteiger partial charge in [-0.3, -0.25) is 4.79 Å². The molecule has 5 nitrogen and oxygen atoms in total. The second-order valence-corrected chi connectivity index (χ2v) is 8.36. The van der Waals surface area contributed by atoms with Gasteiger partial charge in [0, 0.05) is 11.6 Å². The zero-order valence-corrected chi connectivity index (χ0v) is 19.9. The monoisotopic (exact) mass is 497 g/mol. The number of rotatable bonds is 9. The fraction of sp³-hybridized carbons (Fsp3) is 0.250. The van der Waals surface area contributed by atoms with Crippen LogP contribution in [0.4, 0.5) is 13.2 Å². The number of alkyl halides is 3. The minimum absolute atomic E-state index is 0.0562. The summed E-state index contributed by atoms with van der Waals surface area (Å²) in [5, 5.41) is 8.37. The zero-order valence-electron chi connectivity index (χ0n) is 19.9. The zero-order chi connectivity index (χ0) is 26.3. The minimum Gasteiger partial charge on any atom is -0.457 e. The van der Waals surface area contributed by atoms with Crippen molar-refractivity contribution in [1.82, 2.24) is 0 Å². The van der Waals surface area contributed by atoms with E-state index in [1.807, 2.05) is 36.4 Å². The molecular weight excluding hydrogens is 471 g/mol. The van der Waals surface area contributed by atoms with Crippen molar-refractivity contribution in [1.29, 1.82) is 5.41 Å². The molecule has 0 heterocycles. The number of carbonyl (C=O) groups excluding carboxylic acids is 2. The molecule has 8 heteroatoms. The first-order valence-corrected chi connectivity index (χ1v) is 11.4. The Balaban J connectivity index is 1.63. The van der Waals surface area contributed by atoms with Crippen LogP contribution < -0.4 is 4.74 Å². The van der Waals surface area contributed by atoms with E-state index in [0.717, 1.165) is 12.0 Å². The van der Waals surface area contributed by atoms with Gasteiger partial charge in [0.1, 0.15) is 11.5 Å². The van der Waals surface area contributed by atoms with Crippen molar-refractivity contribution in [2.45, 2.75) is 39.3 Å². The van der Waals surface area contributed by atoms with Crippen LogP contribution in [0.5, 0.6) is 11.5 Å². The first-order chi connectivity index (χ1) is 17.1. The summed E-state index contributed by atoms with van der Waals surface area (Å²) in [6.45, 7) is 3.77. The summed E-state index contributed by atoms with van der Waals surface area (Å²) in [5.74, 6) is -3.38. The first-order valence-electron chi connectivity index (χ1n) is 11.4. The molecule has 0 aliphatic heterocycles. The molecule has 0 aliphatic carbocycles. The summed E-state index contributed by atoms with van der Waals surface area (Å²) in [7, 11) is 0. The number of benzene rings is 3. The number of carbonyl (C=O) groups is 2. The van der Waals surface area contributed by atoms with Crippen molar-refractivity contribution < 1.29 is 32.2 Å². The molecule has 3 rings (SSSR count). The molecule has 188 valence electrons. The molecule has 0 bridgehead atoms. The summed E-state index contributed by atoms with van der Waals surface area (Å²) in [6, 6.07) is 22.6. The predicted molar refractivity (Wildman–Crippen MR) is 129 cm³/mol. The van der Waals surface area contributed by atoms with Gasteiger partial charge in [-0.2, -0.15) is 13.2 Å². The first kappa shape index (κ1) is 26.7. The van der Waals surface area contributed by atoms with Crippen molar-refractivity contribution in [3.63, 3.8) is 0 Å². The lowest BCUT2D eigenvalue weighted by Gasteiger charge is -2.16. The summed E-state index contributed by atoms with van der Waals surface area (Å²) in [5.41, 5.74) is 4.09. The van der Waals surface area contributed by atoms with Crippen LogP contribution in [0.3, 0.4) is 0 Å². The highest BCUT2D eigenvalue weighted by Crippen LogP contribution is 2.26. The molecule has 0 unspecified atom stereocenters. The van der Waals surface area contributed by atoms with E-state index in [-0.39, 0.29) is 5.71 Å². The number of hydrogen-bond donors (Lipinski definition) is 1. The van der Waals surface area contributed by atoms with E-state index in [1.165, 1.54) is 11.1 Å². The molecule has 3 aromatic rings. The molecule has 36 heavy (non-hydrogen) atoms. The van der Waals surface area contributed by atoms with Gasteiger partial charge in [-0.05, 0) is 78.4 Å². The van der Waals surface area contributed by atoms with Gasteiger partial charge < -0.3 is 14.9 Å². The van der Waals surface area contributed by atoms with E-state index in [9.17, 15) is 22.8 Å². The lowest BCUT2D eigenvalue weighted by atomic mass is 9.91. The maximum absolute atomic E-state index is 12.3. The van der Waals surface area contributed by atoms with Crippen molar-refractivity contribution >= 4 is 17.7 Å². The van der Waals surface area contributed by atoms with Crippen LogP contribution in [-0.2, 0) is 20.7 Å². The predicted octanol–water partition coefficient (Wildman–Crippen LogP) is 6.79. The maximum Gasteiger partial charge on any atom is 0.491 e. The largest absolute Gasteiger partial charge is 0.491 e. The highest BCUT2D eigenvalue weighted by atomic mass is 19.4. The Morgan fingerprint density at radius 3 is 2.28 bits per heavy atom. The van der Waals surface area contributed by atoms with Crippen molar-refractivity contribution in [2.24, 2.45) is 5.92 Å². The number of hydrogen-bond acceptors (Lipinski definition) is 5. The maximum atomic E-state index is 12.3. The Kier molecular flexibility index (Phi) is 8.64. The summed E-state index contributed by atoms with van der Waals surface area (Å²) < 4.78 is 46.7. The van der Waals surface area contributed by atoms with Gasteiger partial charge in [-0.25, -0.2) is 4.79 Å². The fourth-order valence-electron chi connectivity index (χ4n) is 3.68. The highest BCUT2D eigenvalue weighted by molar-refractivity contribution is 6.02. The van der Waals surface area contributed by atoms with Gasteiger partial charge in [-0.1, -0.05) is 43.3 Å². The van der Waals surface area contributed by atoms with Crippen LogP contribution in [0.2, 0.25) is 0 Å². The van der Waals surface area contributed by atoms with Crippen LogP contribution in [0.1, 0.15) is 42.0 Å². The smallest absolute Gasteiger partial charge is 0.457 e. The quantitative estimate of drug-likeness (QED) is 0.201. The lowest BCUT2D eigenvalue weighted by molar-refractivity contribution is -0.202. The highest BCUT2D eigenvalue weighted by Gasteiger charge is 2.42. The Labute approximate surface area is 207 Å². The normalized spacial score (nSPS) is 12.0. The van der Waals surface area contributed by atoms with E-state index in [0.29, 0.717) is 23.5 Å². The van der Waals surface area contributed by atoms with E-state index in [1.54, 1.807) is 31.2 Å². The molecule has 0 saturated heterocycles. The molecule has 0 spiro atoms. The second-order valence-electron chi connectivity index (χ2n) is 8.36. The molecule has 0 aromatic heterocycles. The van der Waals surface area contributed by atoms with Crippen molar-refractivity contribution in [3.05, 3.63) is 95.1 Å². The topological polar surface area (TPSA) is 76.5 Å². The Morgan fingerprint density at radius 2 is 1.64 bits per heavy atom. The molecule has 0 saturated carbocycles. The van der Waals surface area contributed by atoms with Gasteiger partial charge in [0.05, 0.1) is 6.42 Å². The molecule has 0 aliphatic rings. The van der Waals surface area contributed by atoms with Gasteiger partial charge in [-0.15, -0.1) is 0 Å². The lowest BCUT2D eigenvalue weighted by Crippen LogP contribution is -2.29.